The molecule has 0 amide bonds. The van der Waals surface area contributed by atoms with E-state index < -0.39 is 18.2 Å². The van der Waals surface area contributed by atoms with Gasteiger partial charge in [-0.2, -0.15) is 13.2 Å². The van der Waals surface area contributed by atoms with Crippen LogP contribution in [-0.2, 0) is 0 Å². The van der Waals surface area contributed by atoms with Gasteiger partial charge in [0.15, 0.2) is 0 Å². The molecule has 0 radical (unpaired) electrons. The van der Waals surface area contributed by atoms with Crippen molar-refractivity contribution in [1.82, 2.24) is 0 Å². The highest BCUT2D eigenvalue weighted by molar-refractivity contribution is 5.23. The average molecular weight is 280 g/mol. The molecule has 0 aliphatic rings. The van der Waals surface area contributed by atoms with E-state index in [0.29, 0.717) is 5.56 Å². The number of rotatable bonds is 4. The number of benzene rings is 2. The minimum Gasteiger partial charge on any atom is -0.388 e. The Labute approximate surface area is 115 Å². The lowest BCUT2D eigenvalue weighted by Crippen LogP contribution is -2.23. The van der Waals surface area contributed by atoms with Crippen molar-refractivity contribution >= 4 is 0 Å². The van der Waals surface area contributed by atoms with Crippen LogP contribution in [0.5, 0.6) is 0 Å². The zero-order chi connectivity index (χ0) is 14.6. The van der Waals surface area contributed by atoms with Crippen LogP contribution in [0, 0.1) is 0 Å². The molecular formula is C16H15F3O. The Hall–Kier alpha value is -1.81. The summed E-state index contributed by atoms with van der Waals surface area (Å²) in [5, 5.41) is 10.0. The topological polar surface area (TPSA) is 20.2 Å². The normalized spacial score (nSPS) is 14.8. The van der Waals surface area contributed by atoms with Crippen molar-refractivity contribution in [1.29, 1.82) is 0 Å². The summed E-state index contributed by atoms with van der Waals surface area (Å²) in [7, 11) is 0. The van der Waals surface area contributed by atoms with Crippen LogP contribution < -0.4 is 0 Å². The van der Waals surface area contributed by atoms with Crippen LogP contribution in [0.1, 0.15) is 29.6 Å². The quantitative estimate of drug-likeness (QED) is 0.877. The summed E-state index contributed by atoms with van der Waals surface area (Å²) in [5.41, 5.74) is 0.674. The highest BCUT2D eigenvalue weighted by atomic mass is 19.4. The molecule has 0 heterocycles. The van der Waals surface area contributed by atoms with Crippen LogP contribution in [0.15, 0.2) is 60.7 Å². The predicted octanol–water partition coefficient (Wildman–Crippen LogP) is 4.46. The largest absolute Gasteiger partial charge is 0.395 e. The SMILES string of the molecule is OC(CC(c1ccccc1)C(F)(F)F)c1ccccc1. The van der Waals surface area contributed by atoms with E-state index in [1.54, 1.807) is 48.5 Å². The highest BCUT2D eigenvalue weighted by Crippen LogP contribution is 2.40. The fourth-order valence-electron chi connectivity index (χ4n) is 2.18. The maximum Gasteiger partial charge on any atom is 0.395 e. The van der Waals surface area contributed by atoms with Crippen molar-refractivity contribution in [3.05, 3.63) is 71.8 Å². The van der Waals surface area contributed by atoms with E-state index >= 15 is 0 Å². The summed E-state index contributed by atoms with van der Waals surface area (Å²) in [6, 6.07) is 16.1. The summed E-state index contributed by atoms with van der Waals surface area (Å²) < 4.78 is 39.5. The Morgan fingerprint density at radius 1 is 0.800 bits per heavy atom. The van der Waals surface area contributed by atoms with E-state index in [4.69, 9.17) is 0 Å². The van der Waals surface area contributed by atoms with Gasteiger partial charge in [0.1, 0.15) is 0 Å². The number of alkyl halides is 3. The average Bonchev–Trinajstić information content (AvgIpc) is 2.45. The van der Waals surface area contributed by atoms with E-state index in [9.17, 15) is 18.3 Å². The fourth-order valence-corrected chi connectivity index (χ4v) is 2.18. The molecule has 106 valence electrons. The number of aliphatic hydroxyl groups is 1. The second-order valence-electron chi connectivity index (χ2n) is 4.67. The monoisotopic (exact) mass is 280 g/mol. The van der Waals surface area contributed by atoms with Gasteiger partial charge in [-0.1, -0.05) is 60.7 Å². The standard InChI is InChI=1S/C16H15F3O/c17-16(18,19)14(12-7-3-1-4-8-12)11-15(20)13-9-5-2-6-10-13/h1-10,14-15,20H,11H2. The molecule has 0 aliphatic heterocycles. The number of halogens is 3. The van der Waals surface area contributed by atoms with Gasteiger partial charge in [-0.15, -0.1) is 0 Å². The van der Waals surface area contributed by atoms with Gasteiger partial charge in [0.25, 0.3) is 0 Å². The molecule has 0 aromatic heterocycles. The molecule has 0 saturated heterocycles. The molecule has 0 aliphatic carbocycles. The van der Waals surface area contributed by atoms with Gasteiger partial charge >= 0.3 is 6.18 Å². The maximum atomic E-state index is 13.2. The van der Waals surface area contributed by atoms with Crippen LogP contribution in [0.25, 0.3) is 0 Å². The van der Waals surface area contributed by atoms with Crippen LogP contribution >= 0.6 is 0 Å². The van der Waals surface area contributed by atoms with E-state index in [0.717, 1.165) is 0 Å². The lowest BCUT2D eigenvalue weighted by Gasteiger charge is -2.23. The number of hydrogen-bond acceptors (Lipinski definition) is 1. The second kappa shape index (κ2) is 6.09. The number of aliphatic hydroxyl groups excluding tert-OH is 1. The van der Waals surface area contributed by atoms with Gasteiger partial charge in [0, 0.05) is 0 Å². The van der Waals surface area contributed by atoms with Crippen LogP contribution in [0.2, 0.25) is 0 Å². The van der Waals surface area contributed by atoms with E-state index in [-0.39, 0.29) is 12.0 Å². The summed E-state index contributed by atoms with van der Waals surface area (Å²) in [4.78, 5) is 0. The zero-order valence-electron chi connectivity index (χ0n) is 10.7. The molecular weight excluding hydrogens is 265 g/mol. The van der Waals surface area contributed by atoms with Crippen molar-refractivity contribution < 1.29 is 18.3 Å². The summed E-state index contributed by atoms with van der Waals surface area (Å²) >= 11 is 0. The molecule has 0 fully saturated rings. The van der Waals surface area contributed by atoms with Gasteiger partial charge in [0.05, 0.1) is 12.0 Å². The minimum absolute atomic E-state index is 0.176. The van der Waals surface area contributed by atoms with Crippen LogP contribution in [-0.4, -0.2) is 11.3 Å². The van der Waals surface area contributed by atoms with Crippen molar-refractivity contribution in [2.45, 2.75) is 24.6 Å². The second-order valence-corrected chi connectivity index (χ2v) is 4.67. The van der Waals surface area contributed by atoms with Gasteiger partial charge in [-0.25, -0.2) is 0 Å². The van der Waals surface area contributed by atoms with Crippen molar-refractivity contribution in [3.8, 4) is 0 Å². The van der Waals surface area contributed by atoms with Crippen molar-refractivity contribution in [2.75, 3.05) is 0 Å². The molecule has 0 spiro atoms. The Bertz CT molecular complexity index is 522. The first-order valence-corrected chi connectivity index (χ1v) is 6.33. The smallest absolute Gasteiger partial charge is 0.388 e. The highest BCUT2D eigenvalue weighted by Gasteiger charge is 2.41. The molecule has 4 heteroatoms. The molecule has 2 aromatic rings. The molecule has 20 heavy (non-hydrogen) atoms. The third-order valence-corrected chi connectivity index (χ3v) is 3.24. The maximum absolute atomic E-state index is 13.2. The third-order valence-electron chi connectivity index (χ3n) is 3.24. The molecule has 1 N–H and O–H groups in total. The Morgan fingerprint density at radius 2 is 1.25 bits per heavy atom. The van der Waals surface area contributed by atoms with Gasteiger partial charge in [-0.05, 0) is 17.5 Å². The van der Waals surface area contributed by atoms with Gasteiger partial charge < -0.3 is 5.11 Å². The molecule has 1 nitrogen and oxygen atoms in total. The Morgan fingerprint density at radius 3 is 1.70 bits per heavy atom. The van der Waals surface area contributed by atoms with E-state index in [2.05, 4.69) is 0 Å². The van der Waals surface area contributed by atoms with Crippen LogP contribution in [0.4, 0.5) is 13.2 Å². The molecule has 0 bridgehead atoms. The predicted molar refractivity (Wildman–Crippen MR) is 71.3 cm³/mol. The zero-order valence-corrected chi connectivity index (χ0v) is 10.7. The molecule has 2 rings (SSSR count). The van der Waals surface area contributed by atoms with Gasteiger partial charge in [0.2, 0.25) is 0 Å². The molecule has 0 saturated carbocycles. The lowest BCUT2D eigenvalue weighted by atomic mass is 9.90. The van der Waals surface area contributed by atoms with Crippen molar-refractivity contribution in [3.63, 3.8) is 0 Å². The van der Waals surface area contributed by atoms with E-state index in [1.807, 2.05) is 0 Å². The van der Waals surface area contributed by atoms with Gasteiger partial charge in [-0.3, -0.25) is 0 Å². The molecule has 2 aromatic carbocycles. The van der Waals surface area contributed by atoms with Crippen molar-refractivity contribution in [2.24, 2.45) is 0 Å². The lowest BCUT2D eigenvalue weighted by molar-refractivity contribution is -0.157. The third kappa shape index (κ3) is 3.61. The molecule has 2 atom stereocenters. The Kier molecular flexibility index (Phi) is 4.45. The first-order chi connectivity index (χ1) is 9.48. The number of hydrogen-bond donors (Lipinski definition) is 1. The van der Waals surface area contributed by atoms with E-state index in [1.165, 1.54) is 12.1 Å². The summed E-state index contributed by atoms with van der Waals surface area (Å²) in [5.74, 6) is -1.67. The fraction of sp³-hybridized carbons (Fsp3) is 0.250. The molecule has 2 unspecified atom stereocenters. The minimum atomic E-state index is -4.38. The summed E-state index contributed by atoms with van der Waals surface area (Å²) in [6.07, 6.45) is -5.89. The first kappa shape index (κ1) is 14.6. The first-order valence-electron chi connectivity index (χ1n) is 6.33. The Balaban J connectivity index is 2.22. The summed E-state index contributed by atoms with van der Waals surface area (Å²) in [6.45, 7) is 0. The van der Waals surface area contributed by atoms with Crippen LogP contribution in [0.3, 0.4) is 0 Å².